The molecule has 0 spiro atoms. The van der Waals surface area contributed by atoms with E-state index in [1.807, 2.05) is 25.1 Å². The molecule has 3 atom stereocenters. The molecule has 1 saturated heterocycles. The molecule has 0 aromatic heterocycles. The zero-order valence-electron chi connectivity index (χ0n) is 17.8. The summed E-state index contributed by atoms with van der Waals surface area (Å²) in [6.45, 7) is 2.77. The minimum Gasteiger partial charge on any atom is -0.497 e. The summed E-state index contributed by atoms with van der Waals surface area (Å²) in [4.78, 5) is 26.2. The molecule has 2 aliphatic rings. The molecule has 160 valence electrons. The Labute approximate surface area is 173 Å². The monoisotopic (exact) mass is 404 g/mol. The first kappa shape index (κ1) is 21.4. The molecule has 0 bridgehead atoms. The maximum atomic E-state index is 12.8. The second kappa shape index (κ2) is 9.96. The van der Waals surface area contributed by atoms with Gasteiger partial charge in [0.05, 0.1) is 26.3 Å². The molecule has 3 rings (SSSR count). The third-order valence-electron chi connectivity index (χ3n) is 6.34. The van der Waals surface area contributed by atoms with Crippen LogP contribution in [0.25, 0.3) is 0 Å². The minimum absolute atomic E-state index is 0.127. The van der Waals surface area contributed by atoms with Crippen molar-refractivity contribution in [1.29, 1.82) is 0 Å². The van der Waals surface area contributed by atoms with E-state index in [2.05, 4.69) is 10.6 Å². The molecule has 1 aliphatic heterocycles. The van der Waals surface area contributed by atoms with Gasteiger partial charge in [-0.1, -0.05) is 19.3 Å². The van der Waals surface area contributed by atoms with Crippen molar-refractivity contribution in [1.82, 2.24) is 10.6 Å². The van der Waals surface area contributed by atoms with Crippen LogP contribution in [0.4, 0.5) is 4.79 Å². The number of rotatable bonds is 6. The standard InChI is InChI=1S/C22H33N3O4/c1-15(21(26)24-22(27)23-16-8-5-4-6-9-16)25-13-7-10-19(25)18-14-17(28-2)11-12-20(18)29-3/h11-12,14-16,19H,4-10,13H2,1-3H3,(H2,23,24,26,27)/p+1/t15-,19+/m0/s1. The summed E-state index contributed by atoms with van der Waals surface area (Å²) in [6.07, 6.45) is 7.47. The van der Waals surface area contributed by atoms with Gasteiger partial charge in [-0.3, -0.25) is 10.1 Å². The summed E-state index contributed by atoms with van der Waals surface area (Å²) in [5, 5.41) is 5.52. The van der Waals surface area contributed by atoms with Crippen molar-refractivity contribution >= 4 is 11.9 Å². The number of ether oxygens (including phenoxy) is 2. The number of urea groups is 1. The van der Waals surface area contributed by atoms with E-state index >= 15 is 0 Å². The van der Waals surface area contributed by atoms with Gasteiger partial charge in [0.25, 0.3) is 5.91 Å². The smallest absolute Gasteiger partial charge is 0.321 e. The topological polar surface area (TPSA) is 81.1 Å². The lowest BCUT2D eigenvalue weighted by Crippen LogP contribution is -3.15. The lowest BCUT2D eigenvalue weighted by atomic mass is 9.96. The third kappa shape index (κ3) is 5.21. The van der Waals surface area contributed by atoms with Crippen LogP contribution in [-0.2, 0) is 4.79 Å². The first-order valence-corrected chi connectivity index (χ1v) is 10.7. The Morgan fingerprint density at radius 1 is 1.07 bits per heavy atom. The average Bonchev–Trinajstić information content (AvgIpc) is 3.22. The van der Waals surface area contributed by atoms with E-state index in [4.69, 9.17) is 9.47 Å². The van der Waals surface area contributed by atoms with Crippen molar-refractivity contribution in [3.05, 3.63) is 23.8 Å². The van der Waals surface area contributed by atoms with Gasteiger partial charge in [0, 0.05) is 18.9 Å². The van der Waals surface area contributed by atoms with Crippen LogP contribution in [-0.4, -0.2) is 44.8 Å². The summed E-state index contributed by atoms with van der Waals surface area (Å²) in [7, 11) is 3.30. The van der Waals surface area contributed by atoms with Gasteiger partial charge < -0.3 is 19.7 Å². The predicted molar refractivity (Wildman–Crippen MR) is 110 cm³/mol. The SMILES string of the molecule is COc1ccc(OC)c([C@H]2CCC[NH+]2[C@@H](C)C(=O)NC(=O)NC2CCCCC2)c1. The van der Waals surface area contributed by atoms with Crippen LogP contribution in [0.5, 0.6) is 11.5 Å². The number of nitrogens with one attached hydrogen (secondary N) is 3. The van der Waals surface area contributed by atoms with Crippen LogP contribution < -0.4 is 25.0 Å². The molecule has 3 N–H and O–H groups in total. The molecule has 7 nitrogen and oxygen atoms in total. The molecule has 3 amide bonds. The van der Waals surface area contributed by atoms with Crippen molar-refractivity contribution < 1.29 is 24.0 Å². The molecular weight excluding hydrogens is 370 g/mol. The Balaban J connectivity index is 1.65. The second-order valence-electron chi connectivity index (χ2n) is 8.15. The maximum absolute atomic E-state index is 12.8. The van der Waals surface area contributed by atoms with Crippen LogP contribution in [0.2, 0.25) is 0 Å². The number of amides is 3. The van der Waals surface area contributed by atoms with Crippen LogP contribution in [0.15, 0.2) is 18.2 Å². The number of methoxy groups -OCH3 is 2. The number of carbonyl (C=O) groups is 2. The Morgan fingerprint density at radius 2 is 1.83 bits per heavy atom. The van der Waals surface area contributed by atoms with E-state index in [1.165, 1.54) is 6.42 Å². The normalized spacial score (nSPS) is 23.3. The molecule has 1 heterocycles. The first-order chi connectivity index (χ1) is 14.0. The summed E-state index contributed by atoms with van der Waals surface area (Å²) >= 11 is 0. The van der Waals surface area contributed by atoms with E-state index in [0.29, 0.717) is 0 Å². The largest absolute Gasteiger partial charge is 0.497 e. The Morgan fingerprint density at radius 3 is 2.52 bits per heavy atom. The third-order valence-corrected chi connectivity index (χ3v) is 6.34. The first-order valence-electron chi connectivity index (χ1n) is 10.7. The van der Waals surface area contributed by atoms with E-state index in [9.17, 15) is 9.59 Å². The van der Waals surface area contributed by atoms with Gasteiger partial charge in [0.2, 0.25) is 0 Å². The van der Waals surface area contributed by atoms with Gasteiger partial charge in [-0.25, -0.2) is 4.79 Å². The van der Waals surface area contributed by atoms with E-state index in [-0.39, 0.29) is 30.1 Å². The zero-order chi connectivity index (χ0) is 20.8. The van der Waals surface area contributed by atoms with Gasteiger partial charge in [0.15, 0.2) is 6.04 Å². The maximum Gasteiger partial charge on any atom is 0.321 e. The summed E-state index contributed by atoms with van der Waals surface area (Å²) in [5.41, 5.74) is 1.05. The highest BCUT2D eigenvalue weighted by Crippen LogP contribution is 2.32. The van der Waals surface area contributed by atoms with Crippen molar-refractivity contribution in [2.75, 3.05) is 20.8 Å². The fraction of sp³-hybridized carbons (Fsp3) is 0.636. The molecule has 1 aliphatic carbocycles. The van der Waals surface area contributed by atoms with Crippen molar-refractivity contribution in [2.45, 2.75) is 70.0 Å². The molecule has 7 heteroatoms. The second-order valence-corrected chi connectivity index (χ2v) is 8.15. The lowest BCUT2D eigenvalue weighted by molar-refractivity contribution is -0.932. The van der Waals surface area contributed by atoms with Crippen molar-refractivity contribution in [2.24, 2.45) is 0 Å². The fourth-order valence-electron chi connectivity index (χ4n) is 4.71. The van der Waals surface area contributed by atoms with Gasteiger partial charge >= 0.3 is 6.03 Å². The fourth-order valence-corrected chi connectivity index (χ4v) is 4.71. The highest BCUT2D eigenvalue weighted by molar-refractivity contribution is 5.96. The van der Waals surface area contributed by atoms with Crippen molar-refractivity contribution in [3.8, 4) is 11.5 Å². The van der Waals surface area contributed by atoms with Crippen LogP contribution in [0, 0.1) is 0 Å². The molecule has 1 aromatic rings. The Bertz CT molecular complexity index is 718. The van der Waals surface area contributed by atoms with E-state index in [0.717, 1.165) is 67.0 Å². The van der Waals surface area contributed by atoms with Crippen LogP contribution >= 0.6 is 0 Å². The number of hydrogen-bond donors (Lipinski definition) is 3. The number of carbonyl (C=O) groups excluding carboxylic acids is 2. The average molecular weight is 405 g/mol. The van der Waals surface area contributed by atoms with Gasteiger partial charge in [0.1, 0.15) is 17.5 Å². The molecule has 1 saturated carbocycles. The number of benzene rings is 1. The van der Waals surface area contributed by atoms with E-state index in [1.54, 1.807) is 14.2 Å². The molecule has 1 unspecified atom stereocenters. The highest BCUT2D eigenvalue weighted by Gasteiger charge is 2.39. The molecular formula is C22H34N3O4+. The van der Waals surface area contributed by atoms with Crippen LogP contribution in [0.1, 0.15) is 63.5 Å². The quantitative estimate of drug-likeness (QED) is 0.677. The summed E-state index contributed by atoms with van der Waals surface area (Å²) in [6, 6.07) is 5.38. The van der Waals surface area contributed by atoms with Gasteiger partial charge in [-0.2, -0.15) is 0 Å². The zero-order valence-corrected chi connectivity index (χ0v) is 17.8. The van der Waals surface area contributed by atoms with E-state index < -0.39 is 0 Å². The summed E-state index contributed by atoms with van der Waals surface area (Å²) in [5.74, 6) is 1.34. The highest BCUT2D eigenvalue weighted by atomic mass is 16.5. The molecule has 29 heavy (non-hydrogen) atoms. The lowest BCUT2D eigenvalue weighted by Gasteiger charge is -2.28. The molecule has 0 radical (unpaired) electrons. The van der Waals surface area contributed by atoms with Crippen LogP contribution in [0.3, 0.4) is 0 Å². The molecule has 1 aromatic carbocycles. The Hall–Kier alpha value is -2.28. The van der Waals surface area contributed by atoms with Gasteiger partial charge in [-0.05, 0) is 38.0 Å². The number of imide groups is 1. The predicted octanol–water partition coefficient (Wildman–Crippen LogP) is 1.97. The summed E-state index contributed by atoms with van der Waals surface area (Å²) < 4.78 is 10.9. The van der Waals surface area contributed by atoms with Gasteiger partial charge in [-0.15, -0.1) is 0 Å². The molecule has 2 fully saturated rings. The number of quaternary nitrogens is 1. The Kier molecular flexibility index (Phi) is 7.36. The minimum atomic E-state index is -0.372. The number of hydrogen-bond acceptors (Lipinski definition) is 4. The number of likely N-dealkylation sites (tertiary alicyclic amines) is 1. The van der Waals surface area contributed by atoms with Crippen molar-refractivity contribution in [3.63, 3.8) is 0 Å².